The molecule has 2 amide bonds. The van der Waals surface area contributed by atoms with Crippen molar-refractivity contribution in [2.45, 2.75) is 45.8 Å². The van der Waals surface area contributed by atoms with E-state index in [0.29, 0.717) is 6.54 Å². The van der Waals surface area contributed by atoms with E-state index in [0.717, 1.165) is 12.0 Å². The highest BCUT2D eigenvalue weighted by atomic mass is 35.5. The molecule has 3 unspecified atom stereocenters. The van der Waals surface area contributed by atoms with E-state index in [1.54, 1.807) is 6.92 Å². The maximum Gasteiger partial charge on any atom is 0.242 e. The third kappa shape index (κ3) is 6.45. The van der Waals surface area contributed by atoms with Gasteiger partial charge in [-0.05, 0) is 18.4 Å². The van der Waals surface area contributed by atoms with Gasteiger partial charge in [-0.2, -0.15) is 0 Å². The molecule has 3 atom stereocenters. The maximum atomic E-state index is 11.9. The Morgan fingerprint density at radius 1 is 1.14 bits per heavy atom. The highest BCUT2D eigenvalue weighted by Crippen LogP contribution is 2.05. The van der Waals surface area contributed by atoms with Gasteiger partial charge in [0.1, 0.15) is 6.04 Å². The zero-order valence-corrected chi connectivity index (χ0v) is 14.2. The van der Waals surface area contributed by atoms with Crippen molar-refractivity contribution >= 4 is 24.2 Å². The van der Waals surface area contributed by atoms with E-state index in [9.17, 15) is 9.59 Å². The fourth-order valence-corrected chi connectivity index (χ4v) is 1.83. The summed E-state index contributed by atoms with van der Waals surface area (Å²) in [5, 5.41) is 5.45. The largest absolute Gasteiger partial charge is 0.350 e. The van der Waals surface area contributed by atoms with E-state index < -0.39 is 12.1 Å². The molecule has 0 aromatic heterocycles. The first-order chi connectivity index (χ1) is 9.95. The molecule has 4 N–H and O–H groups in total. The van der Waals surface area contributed by atoms with Crippen LogP contribution >= 0.6 is 12.4 Å². The van der Waals surface area contributed by atoms with Crippen LogP contribution in [0.15, 0.2) is 30.3 Å². The van der Waals surface area contributed by atoms with Crippen molar-refractivity contribution in [3.8, 4) is 0 Å². The molecule has 124 valence electrons. The zero-order chi connectivity index (χ0) is 15.8. The van der Waals surface area contributed by atoms with Gasteiger partial charge in [0.25, 0.3) is 0 Å². The van der Waals surface area contributed by atoms with Crippen LogP contribution < -0.4 is 16.4 Å². The smallest absolute Gasteiger partial charge is 0.242 e. The van der Waals surface area contributed by atoms with Gasteiger partial charge in [0.15, 0.2) is 0 Å². The summed E-state index contributed by atoms with van der Waals surface area (Å²) in [5.41, 5.74) is 6.86. The number of benzene rings is 1. The Morgan fingerprint density at radius 3 is 2.27 bits per heavy atom. The van der Waals surface area contributed by atoms with Crippen molar-refractivity contribution in [2.24, 2.45) is 11.7 Å². The van der Waals surface area contributed by atoms with Crippen LogP contribution in [0, 0.1) is 5.92 Å². The van der Waals surface area contributed by atoms with Crippen LogP contribution in [0.2, 0.25) is 0 Å². The van der Waals surface area contributed by atoms with Crippen LogP contribution in [0.4, 0.5) is 0 Å². The molecule has 0 aliphatic heterocycles. The van der Waals surface area contributed by atoms with E-state index in [-0.39, 0.29) is 30.1 Å². The molecular formula is C16H26ClN3O2. The predicted molar refractivity (Wildman–Crippen MR) is 90.6 cm³/mol. The summed E-state index contributed by atoms with van der Waals surface area (Å²) in [4.78, 5) is 23.9. The van der Waals surface area contributed by atoms with Crippen LogP contribution in [0.25, 0.3) is 0 Å². The number of carbonyl (C=O) groups excluding carboxylic acids is 2. The third-order valence-electron chi connectivity index (χ3n) is 3.62. The van der Waals surface area contributed by atoms with Crippen molar-refractivity contribution in [1.29, 1.82) is 0 Å². The highest BCUT2D eigenvalue weighted by molar-refractivity contribution is 5.89. The van der Waals surface area contributed by atoms with Crippen LogP contribution in [-0.2, 0) is 16.1 Å². The summed E-state index contributed by atoms with van der Waals surface area (Å²) in [7, 11) is 0. The Hall–Kier alpha value is -1.59. The van der Waals surface area contributed by atoms with Gasteiger partial charge < -0.3 is 16.4 Å². The summed E-state index contributed by atoms with van der Waals surface area (Å²) in [6.45, 7) is 6.00. The van der Waals surface area contributed by atoms with Crippen molar-refractivity contribution in [3.63, 3.8) is 0 Å². The van der Waals surface area contributed by atoms with Crippen molar-refractivity contribution in [2.75, 3.05) is 0 Å². The van der Waals surface area contributed by atoms with Crippen LogP contribution in [0.3, 0.4) is 0 Å². The zero-order valence-electron chi connectivity index (χ0n) is 13.3. The van der Waals surface area contributed by atoms with Gasteiger partial charge in [0.05, 0.1) is 6.04 Å². The van der Waals surface area contributed by atoms with E-state index in [1.807, 2.05) is 44.2 Å². The van der Waals surface area contributed by atoms with Gasteiger partial charge in [-0.3, -0.25) is 9.59 Å². The van der Waals surface area contributed by atoms with Crippen LogP contribution in [0.1, 0.15) is 32.8 Å². The Balaban J connectivity index is 0.00000441. The lowest BCUT2D eigenvalue weighted by Crippen LogP contribution is -2.51. The van der Waals surface area contributed by atoms with E-state index in [1.165, 1.54) is 0 Å². The second-order valence-electron chi connectivity index (χ2n) is 5.34. The standard InChI is InChI=1S/C16H25N3O2.ClH/c1-4-11(2)14(17)16(21)19-12(3)15(20)18-10-13-8-6-5-7-9-13;/h5-9,11-12,14H,4,10,17H2,1-3H3,(H,18,20)(H,19,21);1H. The lowest BCUT2D eigenvalue weighted by molar-refractivity contribution is -0.129. The summed E-state index contributed by atoms with van der Waals surface area (Å²) < 4.78 is 0. The van der Waals surface area contributed by atoms with Crippen molar-refractivity contribution < 1.29 is 9.59 Å². The molecule has 0 spiro atoms. The second-order valence-corrected chi connectivity index (χ2v) is 5.34. The average molecular weight is 328 g/mol. The number of nitrogens with one attached hydrogen (secondary N) is 2. The SMILES string of the molecule is CCC(C)C(N)C(=O)NC(C)C(=O)NCc1ccccc1.Cl. The van der Waals surface area contributed by atoms with Crippen molar-refractivity contribution in [1.82, 2.24) is 10.6 Å². The Kier molecular flexibility index (Phi) is 9.45. The molecule has 6 heteroatoms. The maximum absolute atomic E-state index is 11.9. The van der Waals surface area contributed by atoms with Gasteiger partial charge in [0, 0.05) is 6.54 Å². The van der Waals surface area contributed by atoms with E-state index in [2.05, 4.69) is 10.6 Å². The number of rotatable bonds is 7. The molecule has 0 radical (unpaired) electrons. The fraction of sp³-hybridized carbons (Fsp3) is 0.500. The molecule has 1 rings (SSSR count). The lowest BCUT2D eigenvalue weighted by Gasteiger charge is -2.20. The molecule has 22 heavy (non-hydrogen) atoms. The molecule has 0 saturated heterocycles. The third-order valence-corrected chi connectivity index (χ3v) is 3.62. The summed E-state index contributed by atoms with van der Waals surface area (Å²) in [6.07, 6.45) is 0.823. The van der Waals surface area contributed by atoms with Crippen LogP contribution in [0.5, 0.6) is 0 Å². The summed E-state index contributed by atoms with van der Waals surface area (Å²) >= 11 is 0. The topological polar surface area (TPSA) is 84.2 Å². The molecular weight excluding hydrogens is 302 g/mol. The molecule has 1 aromatic carbocycles. The number of hydrogen-bond donors (Lipinski definition) is 3. The molecule has 0 saturated carbocycles. The summed E-state index contributed by atoms with van der Waals surface area (Å²) in [6, 6.07) is 8.43. The number of amides is 2. The minimum Gasteiger partial charge on any atom is -0.350 e. The van der Waals surface area contributed by atoms with Gasteiger partial charge in [-0.1, -0.05) is 50.6 Å². The minimum atomic E-state index is -0.601. The highest BCUT2D eigenvalue weighted by Gasteiger charge is 2.23. The monoisotopic (exact) mass is 327 g/mol. The van der Waals surface area contributed by atoms with Crippen molar-refractivity contribution in [3.05, 3.63) is 35.9 Å². The number of halogens is 1. The first-order valence-electron chi connectivity index (χ1n) is 7.33. The first-order valence-corrected chi connectivity index (χ1v) is 7.33. The number of carbonyl (C=O) groups is 2. The Bertz CT molecular complexity index is 468. The quantitative estimate of drug-likeness (QED) is 0.711. The minimum absolute atomic E-state index is 0. The molecule has 0 aliphatic rings. The molecule has 0 bridgehead atoms. The van der Waals surface area contributed by atoms with Gasteiger partial charge in [-0.25, -0.2) is 0 Å². The average Bonchev–Trinajstić information content (AvgIpc) is 2.51. The molecule has 0 aliphatic carbocycles. The molecule has 0 fully saturated rings. The second kappa shape index (κ2) is 10.2. The predicted octanol–water partition coefficient (Wildman–Crippen LogP) is 1.60. The van der Waals surface area contributed by atoms with Gasteiger partial charge in [0.2, 0.25) is 11.8 Å². The first kappa shape index (κ1) is 20.4. The summed E-state index contributed by atoms with van der Waals surface area (Å²) in [5.74, 6) is -0.417. The molecule has 0 heterocycles. The molecule has 1 aromatic rings. The lowest BCUT2D eigenvalue weighted by atomic mass is 9.99. The number of nitrogens with two attached hydrogens (primary N) is 1. The van der Waals surface area contributed by atoms with Gasteiger partial charge >= 0.3 is 0 Å². The van der Waals surface area contributed by atoms with Crippen LogP contribution in [-0.4, -0.2) is 23.9 Å². The molecule has 5 nitrogen and oxygen atoms in total. The number of hydrogen-bond acceptors (Lipinski definition) is 3. The normalized spacial score (nSPS) is 14.2. The van der Waals surface area contributed by atoms with E-state index >= 15 is 0 Å². The Morgan fingerprint density at radius 2 is 1.73 bits per heavy atom. The van der Waals surface area contributed by atoms with Gasteiger partial charge in [-0.15, -0.1) is 12.4 Å². The fourth-order valence-electron chi connectivity index (χ4n) is 1.83. The van der Waals surface area contributed by atoms with E-state index in [4.69, 9.17) is 5.73 Å². The Labute approximate surface area is 138 Å².